The molecule has 0 aromatic carbocycles. The molecule has 0 aliphatic rings. The number of aliphatic imine (C=N–C) groups is 1. The number of hydrogen-bond donors (Lipinski definition) is 1. The smallest absolute Gasteiger partial charge is 0.107 e. The van der Waals surface area contributed by atoms with E-state index in [1.54, 1.807) is 0 Å². The molecular formula is C6H10N2. The first-order valence-corrected chi connectivity index (χ1v) is 2.47. The van der Waals surface area contributed by atoms with Crippen LogP contribution in [0.4, 0.5) is 0 Å². The molecule has 0 rings (SSSR count). The van der Waals surface area contributed by atoms with E-state index in [0.29, 0.717) is 0 Å². The molecule has 0 saturated carbocycles. The summed E-state index contributed by atoms with van der Waals surface area (Å²) >= 11 is 0. The molecule has 0 aromatic rings. The topological polar surface area (TPSA) is 36.2 Å². The molecular weight excluding hydrogens is 100 g/mol. The summed E-state index contributed by atoms with van der Waals surface area (Å²) in [6.07, 6.45) is 4.78. The molecule has 0 aliphatic carbocycles. The van der Waals surface area contributed by atoms with Crippen molar-refractivity contribution in [1.82, 2.24) is 0 Å². The molecule has 44 valence electrons. The molecule has 0 spiro atoms. The maximum Gasteiger partial charge on any atom is 0.107 e. The largest absolute Gasteiger partial charge is 0.290 e. The predicted octanol–water partition coefficient (Wildman–Crippen LogP) is 1.63. The van der Waals surface area contributed by atoms with Gasteiger partial charge in [-0.15, -0.1) is 0 Å². The van der Waals surface area contributed by atoms with Gasteiger partial charge in [-0.2, -0.15) is 0 Å². The fourth-order valence-electron chi connectivity index (χ4n) is 0.386. The van der Waals surface area contributed by atoms with Gasteiger partial charge in [0.1, 0.15) is 6.34 Å². The minimum Gasteiger partial charge on any atom is -0.290 e. The molecule has 0 saturated heterocycles. The van der Waals surface area contributed by atoms with Crippen molar-refractivity contribution in [2.45, 2.75) is 13.8 Å². The molecule has 0 bridgehead atoms. The number of allylic oxidation sites excluding steroid dienone is 2. The minimum atomic E-state index is 0.863. The second-order valence-corrected chi connectivity index (χ2v) is 1.40. The van der Waals surface area contributed by atoms with Crippen molar-refractivity contribution in [2.24, 2.45) is 4.99 Å². The van der Waals surface area contributed by atoms with Gasteiger partial charge in [0.25, 0.3) is 0 Å². The van der Waals surface area contributed by atoms with E-state index in [4.69, 9.17) is 5.41 Å². The Kier molecular flexibility index (Phi) is 3.76. The molecule has 2 heteroatoms. The number of nitrogens with zero attached hydrogens (tertiary/aromatic N) is 1. The van der Waals surface area contributed by atoms with Crippen LogP contribution < -0.4 is 0 Å². The van der Waals surface area contributed by atoms with Crippen LogP contribution in [0.5, 0.6) is 0 Å². The lowest BCUT2D eigenvalue weighted by molar-refractivity contribution is 1.50. The lowest BCUT2D eigenvalue weighted by Gasteiger charge is -1.81. The molecule has 0 unspecified atom stereocenters. The van der Waals surface area contributed by atoms with Crippen LogP contribution in [0.3, 0.4) is 0 Å². The molecule has 0 heterocycles. The maximum atomic E-state index is 6.57. The van der Waals surface area contributed by atoms with Gasteiger partial charge in [0.05, 0.1) is 0 Å². The zero-order valence-electron chi connectivity index (χ0n) is 5.18. The van der Waals surface area contributed by atoms with E-state index in [9.17, 15) is 0 Å². The Balaban J connectivity index is 3.79. The highest BCUT2D eigenvalue weighted by Gasteiger charge is 1.74. The van der Waals surface area contributed by atoms with Gasteiger partial charge in [-0.25, -0.2) is 4.99 Å². The maximum absolute atomic E-state index is 6.57. The molecule has 0 atom stereocenters. The van der Waals surface area contributed by atoms with Crippen LogP contribution >= 0.6 is 0 Å². The molecule has 0 fully saturated rings. The number of rotatable bonds is 2. The molecule has 0 radical (unpaired) electrons. The lowest BCUT2D eigenvalue weighted by atomic mass is 10.4. The second-order valence-electron chi connectivity index (χ2n) is 1.40. The summed E-state index contributed by atoms with van der Waals surface area (Å²) in [5, 5.41) is 6.57. The Morgan fingerprint density at radius 1 is 1.62 bits per heavy atom. The summed E-state index contributed by atoms with van der Waals surface area (Å²) in [5.41, 5.74) is 0.863. The van der Waals surface area contributed by atoms with Gasteiger partial charge in [0, 0.05) is 5.71 Å². The highest BCUT2D eigenvalue weighted by Crippen LogP contribution is 1.76. The van der Waals surface area contributed by atoms with E-state index in [1.165, 1.54) is 0 Å². The van der Waals surface area contributed by atoms with E-state index in [0.717, 1.165) is 12.1 Å². The first-order chi connectivity index (χ1) is 3.81. The molecule has 8 heavy (non-hydrogen) atoms. The Morgan fingerprint density at radius 2 is 2.25 bits per heavy atom. The van der Waals surface area contributed by atoms with Crippen molar-refractivity contribution >= 4 is 12.1 Å². The van der Waals surface area contributed by atoms with Crippen LogP contribution in [0.25, 0.3) is 0 Å². The van der Waals surface area contributed by atoms with E-state index in [2.05, 4.69) is 4.99 Å². The van der Waals surface area contributed by atoms with Gasteiger partial charge in [-0.3, -0.25) is 5.41 Å². The quantitative estimate of drug-likeness (QED) is 0.414. The van der Waals surface area contributed by atoms with Gasteiger partial charge in [-0.05, 0) is 19.9 Å². The van der Waals surface area contributed by atoms with Crippen LogP contribution in [-0.4, -0.2) is 12.1 Å². The SMILES string of the molecule is C/C=C\C(C)=N/C=N. The first-order valence-electron chi connectivity index (χ1n) is 2.47. The van der Waals surface area contributed by atoms with Crippen LogP contribution in [0.2, 0.25) is 0 Å². The molecule has 0 aliphatic heterocycles. The first kappa shape index (κ1) is 7.08. The van der Waals surface area contributed by atoms with E-state index in [1.807, 2.05) is 26.0 Å². The van der Waals surface area contributed by atoms with Crippen molar-refractivity contribution in [1.29, 1.82) is 5.41 Å². The fraction of sp³-hybridized carbons (Fsp3) is 0.333. The minimum absolute atomic E-state index is 0.863. The third kappa shape index (κ3) is 3.28. The van der Waals surface area contributed by atoms with E-state index >= 15 is 0 Å². The summed E-state index contributed by atoms with van der Waals surface area (Å²) in [6, 6.07) is 0. The Hall–Kier alpha value is -0.920. The van der Waals surface area contributed by atoms with E-state index < -0.39 is 0 Å². The third-order valence-electron chi connectivity index (χ3n) is 0.676. The van der Waals surface area contributed by atoms with Crippen molar-refractivity contribution in [3.63, 3.8) is 0 Å². The average Bonchev–Trinajstić information content (AvgIpc) is 1.68. The monoisotopic (exact) mass is 110 g/mol. The van der Waals surface area contributed by atoms with Crippen LogP contribution in [0.1, 0.15) is 13.8 Å². The Labute approximate surface area is 49.5 Å². The van der Waals surface area contributed by atoms with Crippen molar-refractivity contribution in [2.75, 3.05) is 0 Å². The summed E-state index contributed by atoms with van der Waals surface area (Å²) in [6.45, 7) is 3.77. The highest BCUT2D eigenvalue weighted by molar-refractivity contribution is 5.96. The molecule has 0 aromatic heterocycles. The highest BCUT2D eigenvalue weighted by atomic mass is 14.7. The number of nitrogens with one attached hydrogen (secondary N) is 1. The van der Waals surface area contributed by atoms with Crippen LogP contribution in [0.15, 0.2) is 17.1 Å². The second kappa shape index (κ2) is 4.24. The molecule has 1 N–H and O–H groups in total. The van der Waals surface area contributed by atoms with Gasteiger partial charge >= 0.3 is 0 Å². The van der Waals surface area contributed by atoms with Gasteiger partial charge < -0.3 is 0 Å². The molecule has 2 nitrogen and oxygen atoms in total. The Bertz CT molecular complexity index is 122. The predicted molar refractivity (Wildman–Crippen MR) is 36.7 cm³/mol. The normalized spacial score (nSPS) is 12.5. The van der Waals surface area contributed by atoms with Gasteiger partial charge in [0.2, 0.25) is 0 Å². The van der Waals surface area contributed by atoms with Crippen LogP contribution in [-0.2, 0) is 0 Å². The van der Waals surface area contributed by atoms with Crippen molar-refractivity contribution in [3.8, 4) is 0 Å². The lowest BCUT2D eigenvalue weighted by Crippen LogP contribution is -1.81. The fourth-order valence-corrected chi connectivity index (χ4v) is 0.386. The van der Waals surface area contributed by atoms with Gasteiger partial charge in [0.15, 0.2) is 0 Å². The van der Waals surface area contributed by atoms with Gasteiger partial charge in [-0.1, -0.05) is 6.08 Å². The summed E-state index contributed by atoms with van der Waals surface area (Å²) in [5.74, 6) is 0. The average molecular weight is 110 g/mol. The molecule has 0 amide bonds. The zero-order chi connectivity index (χ0) is 6.41. The standard InChI is InChI=1S/C6H10N2/c1-3-4-6(2)8-5-7/h3-5,7H,1-2H3/b4-3-,7-5?,8-6-. The third-order valence-corrected chi connectivity index (χ3v) is 0.676. The Morgan fingerprint density at radius 3 is 2.62 bits per heavy atom. The summed E-state index contributed by atoms with van der Waals surface area (Å²) < 4.78 is 0. The number of hydrogen-bond acceptors (Lipinski definition) is 1. The van der Waals surface area contributed by atoms with Crippen LogP contribution in [0, 0.1) is 5.41 Å². The van der Waals surface area contributed by atoms with Crippen molar-refractivity contribution in [3.05, 3.63) is 12.2 Å². The summed E-state index contributed by atoms with van der Waals surface area (Å²) in [4.78, 5) is 3.69. The zero-order valence-corrected chi connectivity index (χ0v) is 5.18. The summed E-state index contributed by atoms with van der Waals surface area (Å²) in [7, 11) is 0. The van der Waals surface area contributed by atoms with Crippen molar-refractivity contribution < 1.29 is 0 Å². The van der Waals surface area contributed by atoms with E-state index in [-0.39, 0.29) is 0 Å².